The predicted molar refractivity (Wildman–Crippen MR) is 41.6 cm³/mol. The summed E-state index contributed by atoms with van der Waals surface area (Å²) in [6.07, 6.45) is 5.01. The van der Waals surface area contributed by atoms with Crippen molar-refractivity contribution in [1.82, 2.24) is 0 Å². The summed E-state index contributed by atoms with van der Waals surface area (Å²) in [5.41, 5.74) is 0. The van der Waals surface area contributed by atoms with Crippen LogP contribution >= 0.6 is 0 Å². The number of ketones is 2. The summed E-state index contributed by atoms with van der Waals surface area (Å²) in [6.45, 7) is 2.90. The van der Waals surface area contributed by atoms with Crippen LogP contribution in [0.3, 0.4) is 0 Å². The second kappa shape index (κ2) is 5.09. The van der Waals surface area contributed by atoms with Crippen LogP contribution < -0.4 is 0 Å². The molecule has 1 rings (SSSR count). The lowest BCUT2D eigenvalue weighted by Crippen LogP contribution is -1.97. The topological polar surface area (TPSA) is 58.0 Å². The van der Waals surface area contributed by atoms with Gasteiger partial charge in [0.15, 0.2) is 11.6 Å². The van der Waals surface area contributed by atoms with Crippen molar-refractivity contribution in [3.63, 3.8) is 0 Å². The molecule has 1 aliphatic rings. The molecule has 0 bridgehead atoms. The zero-order valence-corrected chi connectivity index (χ0v) is 5.83. The van der Waals surface area contributed by atoms with E-state index < -0.39 is 0 Å². The van der Waals surface area contributed by atoms with E-state index in [1.807, 2.05) is 0 Å². The Bertz CT molecular complexity index is 217. The Morgan fingerprint density at radius 2 is 1.27 bits per heavy atom. The highest BCUT2D eigenvalue weighted by Crippen LogP contribution is 1.90. The standard InChI is InChI=1S/C6H4O2.C2H3N/c7-5-1-2-6(8)4-3-5;1-2-3/h1-4H;3H,1H2. The third-order valence-electron chi connectivity index (χ3n) is 0.824. The number of allylic oxidation sites excluding steroid dienone is 4. The Morgan fingerprint density at radius 1 is 1.09 bits per heavy atom. The van der Waals surface area contributed by atoms with Gasteiger partial charge in [0.2, 0.25) is 0 Å². The van der Waals surface area contributed by atoms with Crippen molar-refractivity contribution in [2.24, 2.45) is 0 Å². The number of hydrogen-bond acceptors (Lipinski definition) is 3. The van der Waals surface area contributed by atoms with Gasteiger partial charge in [-0.05, 0) is 36.8 Å². The Kier molecular flexibility index (Phi) is 4.29. The van der Waals surface area contributed by atoms with E-state index >= 15 is 0 Å². The van der Waals surface area contributed by atoms with Gasteiger partial charge in [0.05, 0.1) is 0 Å². The number of carbonyl (C=O) groups excluding carboxylic acids is 2. The van der Waals surface area contributed by atoms with Crippen molar-refractivity contribution in [1.29, 1.82) is 5.41 Å². The third-order valence-corrected chi connectivity index (χ3v) is 0.824. The van der Waals surface area contributed by atoms with Crippen molar-refractivity contribution < 1.29 is 9.59 Å². The summed E-state index contributed by atoms with van der Waals surface area (Å²) < 4.78 is 0. The minimum Gasteiger partial charge on any atom is -0.290 e. The molecule has 0 fully saturated rings. The fraction of sp³-hybridized carbons (Fsp3) is 0. The summed E-state index contributed by atoms with van der Waals surface area (Å²) in [7, 11) is 0. The van der Waals surface area contributed by atoms with Gasteiger partial charge in [-0.1, -0.05) is 0 Å². The molecule has 1 aliphatic carbocycles. The van der Waals surface area contributed by atoms with E-state index in [1.165, 1.54) is 24.3 Å². The van der Waals surface area contributed by atoms with Crippen LogP contribution in [-0.2, 0) is 9.59 Å². The molecule has 0 saturated carbocycles. The van der Waals surface area contributed by atoms with E-state index in [2.05, 4.69) is 6.58 Å². The largest absolute Gasteiger partial charge is 0.290 e. The molecule has 0 aromatic heterocycles. The van der Waals surface area contributed by atoms with Crippen LogP contribution in [0.15, 0.2) is 30.9 Å². The summed E-state index contributed by atoms with van der Waals surface area (Å²) >= 11 is 0. The van der Waals surface area contributed by atoms with Gasteiger partial charge in [-0.25, -0.2) is 0 Å². The van der Waals surface area contributed by atoms with Crippen LogP contribution in [-0.4, -0.2) is 17.4 Å². The summed E-state index contributed by atoms with van der Waals surface area (Å²) in [4.78, 5) is 20.6. The van der Waals surface area contributed by atoms with Gasteiger partial charge in [-0.2, -0.15) is 0 Å². The van der Waals surface area contributed by atoms with Gasteiger partial charge in [-0.3, -0.25) is 15.0 Å². The van der Waals surface area contributed by atoms with Crippen molar-refractivity contribution in [3.8, 4) is 0 Å². The summed E-state index contributed by atoms with van der Waals surface area (Å²) in [5, 5.41) is 5.85. The van der Waals surface area contributed by atoms with Crippen molar-refractivity contribution in [3.05, 3.63) is 30.9 Å². The maximum atomic E-state index is 10.3. The number of carbonyl (C=O) groups is 2. The Hall–Kier alpha value is -1.73. The highest BCUT2D eigenvalue weighted by Gasteiger charge is 1.97. The first-order valence-electron chi connectivity index (χ1n) is 2.83. The van der Waals surface area contributed by atoms with Crippen molar-refractivity contribution >= 4 is 17.4 Å². The molecule has 0 aromatic carbocycles. The molecule has 0 aliphatic heterocycles. The van der Waals surface area contributed by atoms with Crippen LogP contribution in [0.25, 0.3) is 0 Å². The first-order valence-corrected chi connectivity index (χ1v) is 2.83. The molecule has 0 amide bonds. The van der Waals surface area contributed by atoms with E-state index in [0.29, 0.717) is 0 Å². The fourth-order valence-corrected chi connectivity index (χ4v) is 0.440. The molecule has 0 saturated heterocycles. The highest BCUT2D eigenvalue weighted by molar-refractivity contribution is 6.14. The van der Waals surface area contributed by atoms with E-state index in [9.17, 15) is 9.59 Å². The van der Waals surface area contributed by atoms with Crippen molar-refractivity contribution in [2.45, 2.75) is 0 Å². The molecular formula is C8H7NO2. The second-order valence-corrected chi connectivity index (χ2v) is 1.65. The average molecular weight is 149 g/mol. The van der Waals surface area contributed by atoms with Gasteiger partial charge in [0.1, 0.15) is 0 Å². The molecule has 0 spiro atoms. The molecule has 0 atom stereocenters. The highest BCUT2D eigenvalue weighted by atomic mass is 16.1. The van der Waals surface area contributed by atoms with Gasteiger partial charge >= 0.3 is 0 Å². The average Bonchev–Trinajstić information content (AvgIpc) is 1.97. The second-order valence-electron chi connectivity index (χ2n) is 1.65. The Balaban J connectivity index is 0.000000292. The maximum Gasteiger partial charge on any atom is 0.178 e. The van der Waals surface area contributed by atoms with E-state index in [4.69, 9.17) is 5.41 Å². The third kappa shape index (κ3) is 4.75. The zero-order chi connectivity index (χ0) is 8.69. The van der Waals surface area contributed by atoms with Crippen LogP contribution in [0.2, 0.25) is 0 Å². The monoisotopic (exact) mass is 149 g/mol. The normalized spacial score (nSPS) is 13.5. The molecular weight excluding hydrogens is 142 g/mol. The maximum absolute atomic E-state index is 10.3. The first kappa shape index (κ1) is 9.27. The van der Waals surface area contributed by atoms with Gasteiger partial charge in [0.25, 0.3) is 0 Å². The smallest absolute Gasteiger partial charge is 0.178 e. The van der Waals surface area contributed by atoms with Crippen molar-refractivity contribution in [2.75, 3.05) is 0 Å². The van der Waals surface area contributed by atoms with Crippen LogP contribution in [0, 0.1) is 5.41 Å². The quantitative estimate of drug-likeness (QED) is 0.406. The number of rotatable bonds is 0. The Labute approximate surface area is 64.2 Å². The molecule has 3 nitrogen and oxygen atoms in total. The molecule has 0 heterocycles. The lowest BCUT2D eigenvalue weighted by atomic mass is 10.2. The molecule has 1 N–H and O–H groups in total. The van der Waals surface area contributed by atoms with E-state index in [0.717, 1.165) is 0 Å². The fourth-order valence-electron chi connectivity index (χ4n) is 0.440. The molecule has 0 radical (unpaired) electrons. The lowest BCUT2D eigenvalue weighted by Gasteiger charge is -1.87. The summed E-state index contributed by atoms with van der Waals surface area (Å²) in [5.74, 6) is 1.51. The van der Waals surface area contributed by atoms with Gasteiger partial charge < -0.3 is 0 Å². The van der Waals surface area contributed by atoms with Crippen LogP contribution in [0.4, 0.5) is 0 Å². The molecule has 11 heavy (non-hydrogen) atoms. The molecule has 3 heteroatoms. The number of nitrogens with one attached hydrogen (secondary N) is 1. The molecule has 56 valence electrons. The minimum absolute atomic E-state index is 0.121. The predicted octanol–water partition coefficient (Wildman–Crippen LogP) is 0.671. The van der Waals surface area contributed by atoms with E-state index in [-0.39, 0.29) is 11.6 Å². The molecule has 0 unspecified atom stereocenters. The van der Waals surface area contributed by atoms with Gasteiger partial charge in [-0.15, -0.1) is 0 Å². The number of hydrogen-bond donors (Lipinski definition) is 1. The SMILES string of the molecule is C=C=N.O=C1C=CC(=O)C=C1. The molecule has 0 aromatic rings. The summed E-state index contributed by atoms with van der Waals surface area (Å²) in [6, 6.07) is 0. The van der Waals surface area contributed by atoms with Crippen LogP contribution in [0.1, 0.15) is 0 Å². The van der Waals surface area contributed by atoms with Gasteiger partial charge in [0, 0.05) is 0 Å². The zero-order valence-electron chi connectivity index (χ0n) is 5.83. The Morgan fingerprint density at radius 3 is 1.45 bits per heavy atom. The lowest BCUT2D eigenvalue weighted by molar-refractivity contribution is -0.113. The van der Waals surface area contributed by atoms with E-state index in [1.54, 1.807) is 5.87 Å². The minimum atomic E-state index is -0.121. The van der Waals surface area contributed by atoms with Crippen LogP contribution in [0.5, 0.6) is 0 Å². The first-order chi connectivity index (χ1) is 5.20.